The van der Waals surface area contributed by atoms with Gasteiger partial charge in [0.2, 0.25) is 10.0 Å². The molecule has 2 N–H and O–H groups in total. The number of benzene rings is 1. The van der Waals surface area contributed by atoms with Crippen LogP contribution in [0.4, 0.5) is 10.1 Å². The second-order valence-electron chi connectivity index (χ2n) is 4.52. The minimum absolute atomic E-state index is 0.308. The monoisotopic (exact) mass is 338 g/mol. The number of halogens is 2. The Bertz CT molecular complexity index is 649. The van der Waals surface area contributed by atoms with Crippen molar-refractivity contribution in [2.75, 3.05) is 19.4 Å². The van der Waals surface area contributed by atoms with Crippen LogP contribution in [0.3, 0.4) is 0 Å². The number of rotatable bonds is 5. The van der Waals surface area contributed by atoms with Crippen molar-refractivity contribution < 1.29 is 22.3 Å². The highest BCUT2D eigenvalue weighted by atomic mass is 35.5. The molecule has 118 valence electrons. The number of anilines is 1. The number of esters is 1. The number of nitrogens with two attached hydrogens (primary N) is 1. The van der Waals surface area contributed by atoms with E-state index in [1.807, 2.05) is 0 Å². The van der Waals surface area contributed by atoms with Crippen molar-refractivity contribution in [2.24, 2.45) is 0 Å². The van der Waals surface area contributed by atoms with Crippen LogP contribution in [0.5, 0.6) is 0 Å². The van der Waals surface area contributed by atoms with E-state index >= 15 is 0 Å². The number of methoxy groups -OCH3 is 1. The lowest BCUT2D eigenvalue weighted by Gasteiger charge is -2.25. The molecule has 1 aromatic carbocycles. The van der Waals surface area contributed by atoms with Gasteiger partial charge in [-0.2, -0.15) is 4.31 Å². The smallest absolute Gasteiger partial charge is 0.321 e. The fourth-order valence-corrected chi connectivity index (χ4v) is 3.71. The molecule has 9 heteroatoms. The molecule has 0 amide bonds. The van der Waals surface area contributed by atoms with Gasteiger partial charge < -0.3 is 10.5 Å². The van der Waals surface area contributed by atoms with Crippen LogP contribution in [-0.4, -0.2) is 38.4 Å². The van der Waals surface area contributed by atoms with E-state index in [4.69, 9.17) is 17.3 Å². The number of ether oxygens (including phenoxy) is 1. The fraction of sp³-hybridized carbons (Fsp3) is 0.417. The Kier molecular flexibility index (Phi) is 5.54. The van der Waals surface area contributed by atoms with Crippen LogP contribution in [-0.2, 0) is 19.6 Å². The van der Waals surface area contributed by atoms with Crippen molar-refractivity contribution in [3.8, 4) is 0 Å². The molecule has 0 fully saturated rings. The number of nitrogen functional groups attached to an aromatic ring is 1. The molecular weight excluding hydrogens is 323 g/mol. The predicted octanol–water partition coefficient (Wildman–Crippen LogP) is 1.63. The standard InChI is InChI=1S/C12H16ClFN2O4S/c1-7(2)16(6-12(17)20-3)21(18,19)11-5-10(15)9(14)4-8(11)13/h4-5,7H,6,15H2,1-3H3. The number of hydrogen-bond donors (Lipinski definition) is 1. The van der Waals surface area contributed by atoms with Gasteiger partial charge in [-0.3, -0.25) is 4.79 Å². The maximum Gasteiger partial charge on any atom is 0.321 e. The van der Waals surface area contributed by atoms with E-state index < -0.39 is 34.4 Å². The van der Waals surface area contributed by atoms with Gasteiger partial charge in [-0.1, -0.05) is 11.6 Å². The van der Waals surface area contributed by atoms with Crippen LogP contribution in [0, 0.1) is 5.82 Å². The number of sulfonamides is 1. The molecule has 0 atom stereocenters. The normalized spacial score (nSPS) is 12.0. The molecule has 0 aliphatic rings. The summed E-state index contributed by atoms with van der Waals surface area (Å²) >= 11 is 5.79. The summed E-state index contributed by atoms with van der Waals surface area (Å²) in [6, 6.07) is 1.22. The van der Waals surface area contributed by atoms with Crippen molar-refractivity contribution in [3.05, 3.63) is 23.0 Å². The van der Waals surface area contributed by atoms with Crippen molar-refractivity contribution >= 4 is 33.3 Å². The molecular formula is C12H16ClFN2O4S. The first-order chi connectivity index (χ1) is 9.61. The minimum Gasteiger partial charge on any atom is -0.468 e. The average Bonchev–Trinajstić information content (AvgIpc) is 2.38. The molecule has 0 radical (unpaired) electrons. The van der Waals surface area contributed by atoms with E-state index in [1.54, 1.807) is 13.8 Å². The van der Waals surface area contributed by atoms with Gasteiger partial charge >= 0.3 is 5.97 Å². The third-order valence-corrected chi connectivity index (χ3v) is 5.21. The Morgan fingerprint density at radius 2 is 2.05 bits per heavy atom. The largest absolute Gasteiger partial charge is 0.468 e. The predicted molar refractivity (Wildman–Crippen MR) is 76.9 cm³/mol. The third-order valence-electron chi connectivity index (χ3n) is 2.73. The zero-order chi connectivity index (χ0) is 16.4. The number of hydrogen-bond acceptors (Lipinski definition) is 5. The summed E-state index contributed by atoms with van der Waals surface area (Å²) in [6.07, 6.45) is 0. The van der Waals surface area contributed by atoms with Crippen LogP contribution >= 0.6 is 11.6 Å². The summed E-state index contributed by atoms with van der Waals surface area (Å²) in [6.45, 7) is 2.69. The van der Waals surface area contributed by atoms with Crippen molar-refractivity contribution in [1.82, 2.24) is 4.31 Å². The van der Waals surface area contributed by atoms with Crippen molar-refractivity contribution in [2.45, 2.75) is 24.8 Å². The van der Waals surface area contributed by atoms with Crippen molar-refractivity contribution in [3.63, 3.8) is 0 Å². The Morgan fingerprint density at radius 3 is 2.52 bits per heavy atom. The molecule has 1 aromatic rings. The van der Waals surface area contributed by atoms with Crippen LogP contribution in [0.25, 0.3) is 0 Å². The van der Waals surface area contributed by atoms with Gasteiger partial charge in [0.05, 0.1) is 17.8 Å². The Morgan fingerprint density at radius 1 is 1.48 bits per heavy atom. The first-order valence-corrected chi connectivity index (χ1v) is 7.76. The summed E-state index contributed by atoms with van der Waals surface area (Å²) in [5.41, 5.74) is 5.03. The summed E-state index contributed by atoms with van der Waals surface area (Å²) < 4.78 is 43.8. The fourth-order valence-electron chi connectivity index (χ4n) is 1.61. The lowest BCUT2D eigenvalue weighted by atomic mass is 10.3. The highest BCUT2D eigenvalue weighted by Crippen LogP contribution is 2.29. The van der Waals surface area contributed by atoms with Crippen LogP contribution in [0.15, 0.2) is 17.0 Å². The molecule has 0 aliphatic heterocycles. The van der Waals surface area contributed by atoms with Crippen LogP contribution in [0.1, 0.15) is 13.8 Å². The van der Waals surface area contributed by atoms with Gasteiger partial charge in [0.25, 0.3) is 0 Å². The maximum atomic E-state index is 13.3. The zero-order valence-corrected chi connectivity index (χ0v) is 13.3. The SMILES string of the molecule is COC(=O)CN(C(C)C)S(=O)(=O)c1cc(N)c(F)cc1Cl. The van der Waals surface area contributed by atoms with E-state index in [1.165, 1.54) is 0 Å². The van der Waals surface area contributed by atoms with Crippen LogP contribution < -0.4 is 5.73 Å². The molecule has 0 unspecified atom stereocenters. The lowest BCUT2D eigenvalue weighted by molar-refractivity contribution is -0.141. The average molecular weight is 339 g/mol. The molecule has 0 bridgehead atoms. The molecule has 21 heavy (non-hydrogen) atoms. The van der Waals surface area contributed by atoms with E-state index in [9.17, 15) is 17.6 Å². The molecule has 0 aliphatic carbocycles. The van der Waals surface area contributed by atoms with Gasteiger partial charge in [0.15, 0.2) is 0 Å². The van der Waals surface area contributed by atoms with Crippen molar-refractivity contribution in [1.29, 1.82) is 0 Å². The highest BCUT2D eigenvalue weighted by molar-refractivity contribution is 7.89. The molecule has 0 aromatic heterocycles. The zero-order valence-electron chi connectivity index (χ0n) is 11.8. The van der Waals surface area contributed by atoms with E-state index in [0.717, 1.165) is 23.5 Å². The third kappa shape index (κ3) is 3.84. The van der Waals surface area contributed by atoms with Gasteiger partial charge in [0.1, 0.15) is 17.3 Å². The summed E-state index contributed by atoms with van der Waals surface area (Å²) in [4.78, 5) is 11.0. The summed E-state index contributed by atoms with van der Waals surface area (Å²) in [5, 5.41) is -0.308. The second-order valence-corrected chi connectivity index (χ2v) is 6.79. The Labute approximate surface area is 127 Å². The highest BCUT2D eigenvalue weighted by Gasteiger charge is 2.31. The van der Waals surface area contributed by atoms with E-state index in [-0.39, 0.29) is 15.6 Å². The Balaban J connectivity index is 3.36. The van der Waals surface area contributed by atoms with E-state index in [0.29, 0.717) is 0 Å². The van der Waals surface area contributed by atoms with Crippen LogP contribution in [0.2, 0.25) is 5.02 Å². The van der Waals surface area contributed by atoms with Gasteiger partial charge in [0, 0.05) is 6.04 Å². The molecule has 0 saturated carbocycles. The first-order valence-electron chi connectivity index (χ1n) is 5.94. The maximum absolute atomic E-state index is 13.3. The quantitative estimate of drug-likeness (QED) is 0.651. The van der Waals surface area contributed by atoms with E-state index in [2.05, 4.69) is 4.74 Å². The summed E-state index contributed by atoms with van der Waals surface area (Å²) in [5.74, 6) is -1.54. The lowest BCUT2D eigenvalue weighted by Crippen LogP contribution is -2.41. The molecule has 0 spiro atoms. The number of carbonyl (C=O) groups excluding carboxylic acids is 1. The molecule has 6 nitrogen and oxygen atoms in total. The van der Waals surface area contributed by atoms with Gasteiger partial charge in [-0.05, 0) is 26.0 Å². The minimum atomic E-state index is -4.12. The molecule has 1 rings (SSSR count). The number of nitrogens with zero attached hydrogens (tertiary/aromatic N) is 1. The number of carbonyl (C=O) groups is 1. The Hall–Kier alpha value is -1.38. The first kappa shape index (κ1) is 17.7. The van der Waals surface area contributed by atoms with Gasteiger partial charge in [-0.25, -0.2) is 12.8 Å². The molecule has 0 saturated heterocycles. The second kappa shape index (κ2) is 6.59. The molecule has 0 heterocycles. The summed E-state index contributed by atoms with van der Waals surface area (Å²) in [7, 11) is -2.97. The van der Waals surface area contributed by atoms with Gasteiger partial charge in [-0.15, -0.1) is 0 Å². The topological polar surface area (TPSA) is 89.7 Å².